The van der Waals surface area contributed by atoms with Crippen LogP contribution >= 0.6 is 0 Å². The van der Waals surface area contributed by atoms with Crippen molar-refractivity contribution in [2.75, 3.05) is 13.7 Å². The van der Waals surface area contributed by atoms with Crippen LogP contribution < -0.4 is 15.8 Å². The van der Waals surface area contributed by atoms with E-state index < -0.39 is 0 Å². The Bertz CT molecular complexity index is 1090. The average molecular weight is 407 g/mol. The zero-order chi connectivity index (χ0) is 21.5. The number of nitrogens with zero attached hydrogens (tertiary/aromatic N) is 2. The molecule has 0 unspecified atom stereocenters. The number of aliphatic hydroxyl groups is 1. The van der Waals surface area contributed by atoms with Gasteiger partial charge in [0, 0.05) is 43.1 Å². The van der Waals surface area contributed by atoms with Gasteiger partial charge in [0.1, 0.15) is 17.1 Å². The van der Waals surface area contributed by atoms with E-state index in [4.69, 9.17) is 15.9 Å². The first kappa shape index (κ1) is 21.1. The lowest BCUT2D eigenvalue weighted by molar-refractivity contribution is 0.0941. The molecule has 0 aliphatic heterocycles. The second kappa shape index (κ2) is 9.71. The molecule has 0 saturated carbocycles. The highest BCUT2D eigenvalue weighted by molar-refractivity contribution is 6.08. The molecule has 3 rings (SSSR count). The van der Waals surface area contributed by atoms with E-state index in [1.807, 2.05) is 30.3 Å². The van der Waals surface area contributed by atoms with Gasteiger partial charge in [-0.15, -0.1) is 0 Å². The van der Waals surface area contributed by atoms with Crippen molar-refractivity contribution in [2.24, 2.45) is 5.73 Å². The van der Waals surface area contributed by atoms with E-state index in [9.17, 15) is 9.90 Å². The van der Waals surface area contributed by atoms with Gasteiger partial charge in [0.25, 0.3) is 5.91 Å². The Balaban J connectivity index is 1.92. The molecule has 0 aliphatic rings. The molecule has 0 radical (unpaired) electrons. The Morgan fingerprint density at radius 3 is 2.87 bits per heavy atom. The summed E-state index contributed by atoms with van der Waals surface area (Å²) in [4.78, 5) is 17.5. The number of aliphatic hydroxyl groups excluding tert-OH is 1. The number of hydrogen-bond acceptors (Lipinski definition) is 6. The third-order valence-electron chi connectivity index (χ3n) is 4.73. The van der Waals surface area contributed by atoms with Gasteiger partial charge in [-0.2, -0.15) is 0 Å². The Morgan fingerprint density at radius 1 is 1.33 bits per heavy atom. The van der Waals surface area contributed by atoms with Crippen molar-refractivity contribution in [3.63, 3.8) is 0 Å². The van der Waals surface area contributed by atoms with Crippen LogP contribution in [-0.4, -0.2) is 40.5 Å². The highest BCUT2D eigenvalue weighted by Gasteiger charge is 2.17. The number of carbonyl (C=O) groups is 1. The normalized spacial score (nSPS) is 11.5. The van der Waals surface area contributed by atoms with Crippen molar-refractivity contribution in [1.29, 1.82) is 5.41 Å². The third-order valence-corrected chi connectivity index (χ3v) is 4.73. The van der Waals surface area contributed by atoms with Gasteiger partial charge in [0.05, 0.1) is 12.8 Å². The number of allylic oxidation sites excluding steroid dienone is 1. The number of hydrogen-bond donors (Lipinski definition) is 4. The number of methoxy groups -OCH3 is 1. The molecular weight excluding hydrogens is 382 g/mol. The van der Waals surface area contributed by atoms with Gasteiger partial charge in [0.2, 0.25) is 0 Å². The van der Waals surface area contributed by atoms with Gasteiger partial charge in [-0.3, -0.25) is 4.79 Å². The number of nitrogens with two attached hydrogens (primary N) is 1. The summed E-state index contributed by atoms with van der Waals surface area (Å²) in [5.41, 5.74) is 8.59. The number of nitrogens with one attached hydrogen (secondary N) is 2. The summed E-state index contributed by atoms with van der Waals surface area (Å²) in [5.74, 6) is 0.488. The number of carbonyl (C=O) groups excluding carboxylic acids is 1. The van der Waals surface area contributed by atoms with Crippen LogP contribution in [-0.2, 0) is 13.1 Å². The Morgan fingerprint density at radius 2 is 2.17 bits per heavy atom. The first-order chi connectivity index (χ1) is 14.6. The number of ether oxygens (including phenoxy) is 1. The maximum absolute atomic E-state index is 12.9. The molecule has 30 heavy (non-hydrogen) atoms. The molecule has 2 aromatic heterocycles. The summed E-state index contributed by atoms with van der Waals surface area (Å²) >= 11 is 0. The van der Waals surface area contributed by atoms with Crippen LogP contribution in [0, 0.1) is 5.41 Å². The number of benzene rings is 1. The highest BCUT2D eigenvalue weighted by Crippen LogP contribution is 2.22. The largest absolute Gasteiger partial charge is 0.497 e. The molecule has 5 N–H and O–H groups in total. The quantitative estimate of drug-likeness (QED) is 0.405. The Hall–Kier alpha value is -3.65. The number of rotatable bonds is 9. The molecular formula is C22H25N5O3. The summed E-state index contributed by atoms with van der Waals surface area (Å²) in [5, 5.41) is 20.5. The van der Waals surface area contributed by atoms with Crippen LogP contribution in [0.4, 0.5) is 0 Å². The molecule has 0 aliphatic carbocycles. The van der Waals surface area contributed by atoms with Crippen LogP contribution in [0.3, 0.4) is 0 Å². The summed E-state index contributed by atoms with van der Waals surface area (Å²) in [6.07, 6.45) is 2.94. The minimum absolute atomic E-state index is 0.00131. The molecule has 8 heteroatoms. The standard InChI is InChI=1S/C22H25N5O3/c1-30-18-5-2-4-15(10-18)14-25-22(29)20-11-16-6-7-19(17(12-23)13-24)26-21(16)27(20)8-3-9-28/h2,4-7,10-13,23,28H,3,8-9,14,24H2,1H3,(H,25,29)/b17-13+,23-12?. The van der Waals surface area contributed by atoms with Gasteiger partial charge in [-0.25, -0.2) is 4.98 Å². The first-order valence-corrected chi connectivity index (χ1v) is 9.56. The fourth-order valence-corrected chi connectivity index (χ4v) is 3.19. The number of pyridine rings is 1. The lowest BCUT2D eigenvalue weighted by Gasteiger charge is -2.11. The van der Waals surface area contributed by atoms with Crippen LogP contribution in [0.15, 0.2) is 48.7 Å². The Labute approximate surface area is 174 Å². The third kappa shape index (κ3) is 4.49. The van der Waals surface area contributed by atoms with Crippen molar-refractivity contribution in [2.45, 2.75) is 19.5 Å². The maximum atomic E-state index is 12.9. The molecule has 1 aromatic carbocycles. The van der Waals surface area contributed by atoms with Crippen molar-refractivity contribution in [3.8, 4) is 5.75 Å². The minimum Gasteiger partial charge on any atom is -0.497 e. The first-order valence-electron chi connectivity index (χ1n) is 9.56. The smallest absolute Gasteiger partial charge is 0.268 e. The van der Waals surface area contributed by atoms with Gasteiger partial charge in [-0.1, -0.05) is 12.1 Å². The lowest BCUT2D eigenvalue weighted by Crippen LogP contribution is -2.25. The highest BCUT2D eigenvalue weighted by atomic mass is 16.5. The zero-order valence-electron chi connectivity index (χ0n) is 16.8. The molecule has 1 amide bonds. The van der Waals surface area contributed by atoms with Crippen LogP contribution in [0.5, 0.6) is 5.75 Å². The van der Waals surface area contributed by atoms with Gasteiger partial charge < -0.3 is 30.9 Å². The Kier molecular flexibility index (Phi) is 6.82. The van der Waals surface area contributed by atoms with Crippen molar-refractivity contribution < 1.29 is 14.6 Å². The predicted molar refractivity (Wildman–Crippen MR) is 117 cm³/mol. The SMILES string of the molecule is COc1cccc(CNC(=O)c2cc3ccc(/C(C=N)=C/N)nc3n2CCCO)c1. The summed E-state index contributed by atoms with van der Waals surface area (Å²) in [6.45, 7) is 0.785. The van der Waals surface area contributed by atoms with E-state index in [0.29, 0.717) is 42.1 Å². The molecule has 3 aromatic rings. The number of aromatic nitrogens is 2. The monoisotopic (exact) mass is 407 g/mol. The van der Waals surface area contributed by atoms with E-state index in [0.717, 1.165) is 22.9 Å². The minimum atomic E-state index is -0.239. The summed E-state index contributed by atoms with van der Waals surface area (Å²) < 4.78 is 7.01. The second-order valence-electron chi connectivity index (χ2n) is 6.67. The van der Waals surface area contributed by atoms with Crippen molar-refractivity contribution >= 4 is 28.7 Å². The fourth-order valence-electron chi connectivity index (χ4n) is 3.19. The predicted octanol–water partition coefficient (Wildman–Crippen LogP) is 2.31. The molecule has 0 bridgehead atoms. The second-order valence-corrected chi connectivity index (χ2v) is 6.67. The molecule has 0 saturated heterocycles. The molecule has 0 atom stereocenters. The average Bonchev–Trinajstić information content (AvgIpc) is 3.15. The van der Waals surface area contributed by atoms with E-state index in [1.54, 1.807) is 23.8 Å². The van der Waals surface area contributed by atoms with Crippen molar-refractivity contribution in [3.05, 3.63) is 65.6 Å². The summed E-state index contributed by atoms with van der Waals surface area (Å²) in [6, 6.07) is 12.9. The molecule has 0 spiro atoms. The molecule has 8 nitrogen and oxygen atoms in total. The molecule has 0 fully saturated rings. The maximum Gasteiger partial charge on any atom is 0.268 e. The van der Waals surface area contributed by atoms with Gasteiger partial charge >= 0.3 is 0 Å². The van der Waals surface area contributed by atoms with Crippen LogP contribution in [0.2, 0.25) is 0 Å². The zero-order valence-corrected chi connectivity index (χ0v) is 16.8. The van der Waals surface area contributed by atoms with Gasteiger partial charge in [-0.05, 0) is 42.3 Å². The number of aryl methyl sites for hydroxylation is 1. The van der Waals surface area contributed by atoms with Crippen LogP contribution in [0.25, 0.3) is 16.6 Å². The van der Waals surface area contributed by atoms with E-state index >= 15 is 0 Å². The van der Waals surface area contributed by atoms with Crippen molar-refractivity contribution in [1.82, 2.24) is 14.9 Å². The molecule has 2 heterocycles. The van der Waals surface area contributed by atoms with Gasteiger partial charge in [0.15, 0.2) is 0 Å². The van der Waals surface area contributed by atoms with Crippen LogP contribution in [0.1, 0.15) is 28.2 Å². The van der Waals surface area contributed by atoms with E-state index in [2.05, 4.69) is 10.3 Å². The summed E-state index contributed by atoms with van der Waals surface area (Å²) in [7, 11) is 1.60. The van der Waals surface area contributed by atoms with E-state index in [1.165, 1.54) is 6.20 Å². The molecule has 156 valence electrons. The topological polar surface area (TPSA) is 126 Å². The van der Waals surface area contributed by atoms with E-state index in [-0.39, 0.29) is 12.5 Å². The number of amides is 1. The fraction of sp³-hybridized carbons (Fsp3) is 0.227. The number of fused-ring (bicyclic) bond motifs is 1. The lowest BCUT2D eigenvalue weighted by atomic mass is 10.2.